The molecule has 266 valence electrons. The number of nitrogens with two attached hydrogens (primary N) is 1. The van der Waals surface area contributed by atoms with Crippen molar-refractivity contribution >= 4 is 30.9 Å². The van der Waals surface area contributed by atoms with E-state index in [2.05, 4.69) is 10.1 Å². The largest absolute Gasteiger partial charge is 0.450 e. The van der Waals surface area contributed by atoms with Gasteiger partial charge >= 0.3 is 25.0 Å². The van der Waals surface area contributed by atoms with Gasteiger partial charge in [-0.05, 0) is 67.4 Å². The van der Waals surface area contributed by atoms with Crippen molar-refractivity contribution < 1.29 is 46.3 Å². The van der Waals surface area contributed by atoms with Gasteiger partial charge < -0.3 is 20.3 Å². The number of rotatable bonds is 13. The first-order valence-electron chi connectivity index (χ1n) is 14.8. The highest BCUT2D eigenvalue weighted by Crippen LogP contribution is 2.48. The SMILES string of the molecule is CC(C)NP(=O)(OCc1ccc([N+](=O)[O-])c(Oc2ccc(-c3ccc(Cl)cc3)c(F)c2)c1)OCC1OC(n2ccc(N)nc2=O)C(F)(F)C1O. The summed E-state index contributed by atoms with van der Waals surface area (Å²) >= 11 is 5.91. The summed E-state index contributed by atoms with van der Waals surface area (Å²) in [5, 5.41) is 25.1. The third-order valence-corrected chi connectivity index (χ3v) is 9.30. The Kier molecular flexibility index (Phi) is 11.0. The molecule has 1 aliphatic rings. The predicted octanol–water partition coefficient (Wildman–Crippen LogP) is 6.22. The van der Waals surface area contributed by atoms with Crippen molar-refractivity contribution in [3.8, 4) is 22.6 Å². The van der Waals surface area contributed by atoms with Crippen LogP contribution in [0.15, 0.2) is 77.7 Å². The lowest BCUT2D eigenvalue weighted by Crippen LogP contribution is -2.42. The van der Waals surface area contributed by atoms with E-state index in [1.54, 1.807) is 38.1 Å². The number of benzene rings is 3. The van der Waals surface area contributed by atoms with Gasteiger partial charge in [0.25, 0.3) is 0 Å². The molecule has 5 rings (SSSR count). The normalized spacial score (nSPS) is 19.7. The number of halogens is 4. The fraction of sp³-hybridized carbons (Fsp3) is 0.290. The molecule has 1 fully saturated rings. The second-order valence-corrected chi connectivity index (χ2v) is 13.6. The minimum atomic E-state index is -4.34. The highest BCUT2D eigenvalue weighted by atomic mass is 35.5. The van der Waals surface area contributed by atoms with E-state index in [4.69, 9.17) is 35.9 Å². The maximum atomic E-state index is 15.0. The van der Waals surface area contributed by atoms with Crippen LogP contribution >= 0.6 is 19.3 Å². The lowest BCUT2D eigenvalue weighted by atomic mass is 10.1. The number of aliphatic hydroxyl groups excluding tert-OH is 1. The maximum Gasteiger partial charge on any atom is 0.406 e. The number of nitrogens with zero attached hydrogens (tertiary/aromatic N) is 3. The number of nitro groups is 1. The van der Waals surface area contributed by atoms with E-state index in [0.717, 1.165) is 24.4 Å². The zero-order chi connectivity index (χ0) is 36.4. The molecular weight excluding hydrogens is 710 g/mol. The van der Waals surface area contributed by atoms with Crippen LogP contribution in [-0.4, -0.2) is 50.4 Å². The molecule has 0 bridgehead atoms. The maximum absolute atomic E-state index is 15.0. The molecule has 50 heavy (non-hydrogen) atoms. The number of anilines is 1. The summed E-state index contributed by atoms with van der Waals surface area (Å²) in [5.41, 5.74) is 4.80. The fourth-order valence-electron chi connectivity index (χ4n) is 4.90. The summed E-state index contributed by atoms with van der Waals surface area (Å²) in [7, 11) is -4.34. The molecule has 4 unspecified atom stereocenters. The Bertz CT molecular complexity index is 1990. The van der Waals surface area contributed by atoms with Gasteiger partial charge in [0.1, 0.15) is 23.5 Å². The quantitative estimate of drug-likeness (QED) is 0.0799. The predicted molar refractivity (Wildman–Crippen MR) is 174 cm³/mol. The zero-order valence-corrected chi connectivity index (χ0v) is 27.9. The second kappa shape index (κ2) is 14.9. The summed E-state index contributed by atoms with van der Waals surface area (Å²) in [4.78, 5) is 26.6. The van der Waals surface area contributed by atoms with E-state index in [0.29, 0.717) is 15.2 Å². The zero-order valence-electron chi connectivity index (χ0n) is 26.2. The van der Waals surface area contributed by atoms with Crippen molar-refractivity contribution in [2.24, 2.45) is 0 Å². The molecule has 19 heteroatoms. The van der Waals surface area contributed by atoms with E-state index in [-0.39, 0.29) is 28.4 Å². The number of aromatic nitrogens is 2. The average molecular weight is 740 g/mol. The molecule has 14 nitrogen and oxygen atoms in total. The number of aliphatic hydroxyl groups is 1. The molecule has 4 atom stereocenters. The summed E-state index contributed by atoms with van der Waals surface area (Å²) in [6.07, 6.45) is -5.59. The van der Waals surface area contributed by atoms with Gasteiger partial charge in [-0.2, -0.15) is 13.8 Å². The average Bonchev–Trinajstić information content (AvgIpc) is 3.26. The van der Waals surface area contributed by atoms with Crippen molar-refractivity contribution in [3.63, 3.8) is 0 Å². The Balaban J connectivity index is 1.30. The summed E-state index contributed by atoms with van der Waals surface area (Å²) < 4.78 is 81.0. The molecule has 0 radical (unpaired) electrons. The Morgan fingerprint density at radius 2 is 1.88 bits per heavy atom. The molecule has 0 aliphatic carbocycles. The number of nitro benzene ring substituents is 1. The van der Waals surface area contributed by atoms with E-state index >= 15 is 4.39 Å². The molecule has 1 aromatic heterocycles. The van der Waals surface area contributed by atoms with Crippen LogP contribution in [-0.2, 0) is 25.0 Å². The van der Waals surface area contributed by atoms with Crippen LogP contribution in [0.5, 0.6) is 11.5 Å². The van der Waals surface area contributed by atoms with Crippen molar-refractivity contribution in [1.29, 1.82) is 0 Å². The molecule has 4 aromatic rings. The molecule has 3 aromatic carbocycles. The van der Waals surface area contributed by atoms with Gasteiger partial charge in [0.15, 0.2) is 6.10 Å². The minimum absolute atomic E-state index is 0.0564. The van der Waals surface area contributed by atoms with Crippen molar-refractivity contribution in [3.05, 3.63) is 110 Å². The lowest BCUT2D eigenvalue weighted by Gasteiger charge is -2.23. The van der Waals surface area contributed by atoms with Crippen LogP contribution < -0.4 is 21.2 Å². The molecule has 4 N–H and O–H groups in total. The van der Waals surface area contributed by atoms with Crippen LogP contribution in [0.25, 0.3) is 11.1 Å². The van der Waals surface area contributed by atoms with Gasteiger partial charge in [0.2, 0.25) is 12.0 Å². The smallest absolute Gasteiger partial charge is 0.406 e. The lowest BCUT2D eigenvalue weighted by molar-refractivity contribution is -0.385. The topological polar surface area (TPSA) is 190 Å². The van der Waals surface area contributed by atoms with E-state index in [1.807, 2.05) is 0 Å². The van der Waals surface area contributed by atoms with Crippen LogP contribution in [0, 0.1) is 15.9 Å². The van der Waals surface area contributed by atoms with Crippen molar-refractivity contribution in [2.45, 2.75) is 50.9 Å². The first-order valence-corrected chi connectivity index (χ1v) is 16.7. The number of nitrogens with one attached hydrogen (secondary N) is 1. The van der Waals surface area contributed by atoms with Crippen molar-refractivity contribution in [2.75, 3.05) is 12.3 Å². The van der Waals surface area contributed by atoms with Crippen LogP contribution in [0.4, 0.5) is 24.7 Å². The number of hydrogen-bond donors (Lipinski definition) is 3. The monoisotopic (exact) mass is 739 g/mol. The van der Waals surface area contributed by atoms with E-state index in [1.165, 1.54) is 24.3 Å². The number of ether oxygens (including phenoxy) is 2. The number of hydrogen-bond acceptors (Lipinski definition) is 11. The fourth-order valence-corrected chi connectivity index (χ4v) is 6.54. The van der Waals surface area contributed by atoms with Crippen LogP contribution in [0.3, 0.4) is 0 Å². The molecule has 2 heterocycles. The molecule has 0 amide bonds. The number of nitrogen functional groups attached to an aromatic ring is 1. The third-order valence-electron chi connectivity index (χ3n) is 7.25. The minimum Gasteiger partial charge on any atom is -0.450 e. The van der Waals surface area contributed by atoms with Gasteiger partial charge in [-0.1, -0.05) is 23.7 Å². The Morgan fingerprint density at radius 3 is 2.52 bits per heavy atom. The standard InChI is InChI=1S/C31H30ClF3N5O9P/c1-17(2)38-50(45,47-16-26-28(41)31(34,35)29(49-26)39-12-11-27(36)37-30(39)42)46-15-18-3-10-24(40(43)44)25(13-18)48-21-8-9-22(23(33)14-21)19-4-6-20(32)7-5-19/h3-14,17,26,28-29,41H,15-16H2,1-2H3,(H,38,45)(H2,36,37,42). The highest BCUT2D eigenvalue weighted by Gasteiger charge is 2.60. The van der Waals surface area contributed by atoms with Gasteiger partial charge in [0.05, 0.1) is 18.1 Å². The third kappa shape index (κ3) is 8.33. The van der Waals surface area contributed by atoms with Gasteiger partial charge in [-0.3, -0.25) is 23.7 Å². The van der Waals surface area contributed by atoms with Gasteiger partial charge in [0, 0.05) is 35.0 Å². The van der Waals surface area contributed by atoms with E-state index < -0.39 is 73.5 Å². The van der Waals surface area contributed by atoms with Gasteiger partial charge in [-0.15, -0.1) is 0 Å². The second-order valence-electron chi connectivity index (χ2n) is 11.3. The Labute approximate surface area is 287 Å². The summed E-state index contributed by atoms with van der Waals surface area (Å²) in [5.74, 6) is -5.21. The van der Waals surface area contributed by atoms with Gasteiger partial charge in [-0.25, -0.2) is 18.8 Å². The van der Waals surface area contributed by atoms with Crippen molar-refractivity contribution in [1.82, 2.24) is 14.6 Å². The molecular formula is C31H30ClF3N5O9P. The summed E-state index contributed by atoms with van der Waals surface area (Å²) in [6, 6.07) is 14.6. The first-order chi connectivity index (χ1) is 23.6. The number of alkyl halides is 2. The van der Waals surface area contributed by atoms with Crippen LogP contribution in [0.2, 0.25) is 5.02 Å². The molecule has 1 saturated heterocycles. The molecule has 1 aliphatic heterocycles. The molecule has 0 saturated carbocycles. The Morgan fingerprint density at radius 1 is 1.16 bits per heavy atom. The highest BCUT2D eigenvalue weighted by molar-refractivity contribution is 7.51. The first kappa shape index (κ1) is 36.9. The molecule has 0 spiro atoms. The van der Waals surface area contributed by atoms with Crippen LogP contribution in [0.1, 0.15) is 25.6 Å². The Hall–Kier alpha value is -4.35. The summed E-state index contributed by atoms with van der Waals surface area (Å²) in [6.45, 7) is 1.84. The van der Waals surface area contributed by atoms with E-state index in [9.17, 15) is 33.4 Å².